The van der Waals surface area contributed by atoms with Crippen LogP contribution in [0.1, 0.15) is 24.6 Å². The van der Waals surface area contributed by atoms with E-state index in [2.05, 4.69) is 23.4 Å². The van der Waals surface area contributed by atoms with Gasteiger partial charge in [-0.15, -0.1) is 0 Å². The molecule has 2 rings (SSSR count). The molecular weight excluding hydrogens is 244 g/mol. The molecule has 2 aromatic rings. The zero-order valence-electron chi connectivity index (χ0n) is 10.5. The van der Waals surface area contributed by atoms with Crippen LogP contribution in [0.15, 0.2) is 35.2 Å². The quantitative estimate of drug-likeness (QED) is 0.870. The van der Waals surface area contributed by atoms with Gasteiger partial charge in [-0.3, -0.25) is 4.98 Å². The summed E-state index contributed by atoms with van der Waals surface area (Å²) in [5.74, 6) is 0.801. The van der Waals surface area contributed by atoms with Crippen molar-refractivity contribution in [2.75, 3.05) is 0 Å². The van der Waals surface area contributed by atoms with E-state index in [0.29, 0.717) is 6.61 Å². The van der Waals surface area contributed by atoms with Gasteiger partial charge in [0.05, 0.1) is 6.20 Å². The summed E-state index contributed by atoms with van der Waals surface area (Å²) >= 11 is 1.68. The molecule has 0 bridgehead atoms. The summed E-state index contributed by atoms with van der Waals surface area (Å²) in [5.41, 5.74) is 8.11. The summed E-state index contributed by atoms with van der Waals surface area (Å²) in [5, 5.41) is 4.13. The van der Waals surface area contributed by atoms with Crippen LogP contribution in [0, 0.1) is 0 Å². The van der Waals surface area contributed by atoms with E-state index in [1.165, 1.54) is 5.56 Å². The summed E-state index contributed by atoms with van der Waals surface area (Å²) in [4.78, 5) is 4.36. The molecule has 0 aliphatic heterocycles. The van der Waals surface area contributed by atoms with E-state index in [4.69, 9.17) is 10.5 Å². The fourth-order valence-corrected chi connectivity index (χ4v) is 2.22. The fourth-order valence-electron chi connectivity index (χ4n) is 1.57. The number of aromatic nitrogens is 1. The number of pyridine rings is 1. The molecule has 4 heteroatoms. The normalized spacial score (nSPS) is 12.3. The lowest BCUT2D eigenvalue weighted by Crippen LogP contribution is -2.21. The number of rotatable bonds is 6. The van der Waals surface area contributed by atoms with Crippen molar-refractivity contribution in [3.63, 3.8) is 0 Å². The molecule has 0 fully saturated rings. The summed E-state index contributed by atoms with van der Waals surface area (Å²) in [6, 6.07) is 6.19. The first-order valence-electron chi connectivity index (χ1n) is 6.12. The third-order valence-electron chi connectivity index (χ3n) is 2.78. The Morgan fingerprint density at radius 2 is 2.28 bits per heavy atom. The monoisotopic (exact) mass is 262 g/mol. The summed E-state index contributed by atoms with van der Waals surface area (Å²) < 4.78 is 5.65. The Bertz CT molecular complexity index is 453. The van der Waals surface area contributed by atoms with Gasteiger partial charge in [-0.05, 0) is 40.9 Å². The Kier molecular flexibility index (Phi) is 4.73. The maximum absolute atomic E-state index is 5.90. The van der Waals surface area contributed by atoms with E-state index in [-0.39, 0.29) is 6.04 Å². The number of thiophene rings is 1. The van der Waals surface area contributed by atoms with E-state index in [9.17, 15) is 0 Å². The van der Waals surface area contributed by atoms with Crippen LogP contribution in [0.4, 0.5) is 0 Å². The second-order valence-electron chi connectivity index (χ2n) is 4.28. The second-order valence-corrected chi connectivity index (χ2v) is 5.06. The standard InChI is InChI=1S/C14H18N2OS/c1-2-12(15)7-13-3-4-14(8-16-13)17-9-11-5-6-18-10-11/h3-6,8,10,12H,2,7,9,15H2,1H3. The molecule has 1 atom stereocenters. The maximum atomic E-state index is 5.90. The smallest absolute Gasteiger partial charge is 0.138 e. The summed E-state index contributed by atoms with van der Waals surface area (Å²) in [6.07, 6.45) is 3.56. The predicted molar refractivity (Wildman–Crippen MR) is 74.9 cm³/mol. The highest BCUT2D eigenvalue weighted by molar-refractivity contribution is 7.07. The van der Waals surface area contributed by atoms with Crippen molar-refractivity contribution in [1.82, 2.24) is 4.98 Å². The first-order valence-corrected chi connectivity index (χ1v) is 7.06. The van der Waals surface area contributed by atoms with Crippen LogP contribution in [0.2, 0.25) is 0 Å². The second kappa shape index (κ2) is 6.52. The van der Waals surface area contributed by atoms with Gasteiger partial charge < -0.3 is 10.5 Å². The van der Waals surface area contributed by atoms with Crippen molar-refractivity contribution in [2.24, 2.45) is 5.73 Å². The lowest BCUT2D eigenvalue weighted by atomic mass is 10.1. The van der Waals surface area contributed by atoms with E-state index < -0.39 is 0 Å². The van der Waals surface area contributed by atoms with Crippen LogP contribution in [0.5, 0.6) is 5.75 Å². The molecule has 0 radical (unpaired) electrons. The van der Waals surface area contributed by atoms with Gasteiger partial charge in [0.2, 0.25) is 0 Å². The Morgan fingerprint density at radius 1 is 1.39 bits per heavy atom. The fraction of sp³-hybridized carbons (Fsp3) is 0.357. The van der Waals surface area contributed by atoms with Crippen LogP contribution >= 0.6 is 11.3 Å². The lowest BCUT2D eigenvalue weighted by Gasteiger charge is -2.09. The molecule has 96 valence electrons. The van der Waals surface area contributed by atoms with Gasteiger partial charge in [-0.1, -0.05) is 6.92 Å². The van der Waals surface area contributed by atoms with Crippen molar-refractivity contribution in [3.05, 3.63) is 46.4 Å². The first-order chi connectivity index (χ1) is 8.78. The van der Waals surface area contributed by atoms with E-state index in [1.807, 2.05) is 17.5 Å². The van der Waals surface area contributed by atoms with Crippen LogP contribution in [0.25, 0.3) is 0 Å². The number of nitrogens with zero attached hydrogens (tertiary/aromatic N) is 1. The van der Waals surface area contributed by atoms with Gasteiger partial charge >= 0.3 is 0 Å². The van der Waals surface area contributed by atoms with Gasteiger partial charge in [0, 0.05) is 18.2 Å². The molecule has 0 amide bonds. The van der Waals surface area contributed by atoms with E-state index in [1.54, 1.807) is 17.5 Å². The zero-order chi connectivity index (χ0) is 12.8. The SMILES string of the molecule is CCC(N)Cc1ccc(OCc2ccsc2)cn1. The number of hydrogen-bond acceptors (Lipinski definition) is 4. The maximum Gasteiger partial charge on any atom is 0.138 e. The molecule has 0 saturated carbocycles. The molecule has 2 aromatic heterocycles. The van der Waals surface area contributed by atoms with Crippen LogP contribution < -0.4 is 10.5 Å². The predicted octanol–water partition coefficient (Wildman–Crippen LogP) is 3.00. The molecule has 2 heterocycles. The van der Waals surface area contributed by atoms with Gasteiger partial charge in [-0.25, -0.2) is 0 Å². The average Bonchev–Trinajstić information content (AvgIpc) is 2.91. The Labute approximate surface area is 112 Å². The number of hydrogen-bond donors (Lipinski definition) is 1. The van der Waals surface area contributed by atoms with E-state index >= 15 is 0 Å². The van der Waals surface area contributed by atoms with Crippen molar-refractivity contribution in [3.8, 4) is 5.75 Å². The Morgan fingerprint density at radius 3 is 2.89 bits per heavy atom. The third kappa shape index (κ3) is 3.82. The molecule has 2 N–H and O–H groups in total. The zero-order valence-corrected chi connectivity index (χ0v) is 11.3. The van der Waals surface area contributed by atoms with Crippen LogP contribution in [-0.4, -0.2) is 11.0 Å². The van der Waals surface area contributed by atoms with Gasteiger partial charge in [0.1, 0.15) is 12.4 Å². The molecular formula is C14H18N2OS. The summed E-state index contributed by atoms with van der Waals surface area (Å²) in [6.45, 7) is 2.68. The van der Waals surface area contributed by atoms with Crippen molar-refractivity contribution in [2.45, 2.75) is 32.4 Å². The van der Waals surface area contributed by atoms with Gasteiger partial charge in [0.15, 0.2) is 0 Å². The number of ether oxygens (including phenoxy) is 1. The van der Waals surface area contributed by atoms with Crippen LogP contribution in [-0.2, 0) is 13.0 Å². The largest absolute Gasteiger partial charge is 0.487 e. The molecule has 0 spiro atoms. The molecule has 0 aromatic carbocycles. The highest BCUT2D eigenvalue weighted by Gasteiger charge is 2.03. The minimum absolute atomic E-state index is 0.190. The highest BCUT2D eigenvalue weighted by Crippen LogP contribution is 2.14. The molecule has 3 nitrogen and oxygen atoms in total. The van der Waals surface area contributed by atoms with Crippen LogP contribution in [0.3, 0.4) is 0 Å². The topological polar surface area (TPSA) is 48.1 Å². The minimum atomic E-state index is 0.190. The van der Waals surface area contributed by atoms with E-state index in [0.717, 1.165) is 24.3 Å². The molecule has 1 unspecified atom stereocenters. The molecule has 0 aliphatic carbocycles. The average molecular weight is 262 g/mol. The van der Waals surface area contributed by atoms with Gasteiger partial charge in [-0.2, -0.15) is 11.3 Å². The van der Waals surface area contributed by atoms with Crippen molar-refractivity contribution < 1.29 is 4.74 Å². The van der Waals surface area contributed by atoms with Crippen molar-refractivity contribution in [1.29, 1.82) is 0 Å². The highest BCUT2D eigenvalue weighted by atomic mass is 32.1. The van der Waals surface area contributed by atoms with Crippen molar-refractivity contribution >= 4 is 11.3 Å². The first kappa shape index (κ1) is 13.1. The Hall–Kier alpha value is -1.39. The summed E-state index contributed by atoms with van der Waals surface area (Å²) in [7, 11) is 0. The van der Waals surface area contributed by atoms with Gasteiger partial charge in [0.25, 0.3) is 0 Å². The lowest BCUT2D eigenvalue weighted by molar-refractivity contribution is 0.305. The molecule has 0 saturated heterocycles. The minimum Gasteiger partial charge on any atom is -0.487 e. The molecule has 18 heavy (non-hydrogen) atoms. The Balaban J connectivity index is 1.87. The number of nitrogens with two attached hydrogens (primary N) is 1. The third-order valence-corrected chi connectivity index (χ3v) is 3.51. The molecule has 0 aliphatic rings.